The number of methoxy groups -OCH3 is 2. The third-order valence-corrected chi connectivity index (χ3v) is 6.10. The highest BCUT2D eigenvalue weighted by molar-refractivity contribution is 7.14. The van der Waals surface area contributed by atoms with Gasteiger partial charge in [-0.3, -0.25) is 4.79 Å². The summed E-state index contributed by atoms with van der Waals surface area (Å²) in [7, 11) is 3.17. The molecule has 0 aliphatic heterocycles. The van der Waals surface area contributed by atoms with Crippen LogP contribution in [0.2, 0.25) is 0 Å². The zero-order chi connectivity index (χ0) is 21.8. The van der Waals surface area contributed by atoms with Gasteiger partial charge in [-0.05, 0) is 24.3 Å². The highest BCUT2D eigenvalue weighted by Gasteiger charge is 2.14. The van der Waals surface area contributed by atoms with E-state index in [0.717, 1.165) is 5.56 Å². The second-order valence-electron chi connectivity index (χ2n) is 6.48. The Kier molecular flexibility index (Phi) is 6.24. The van der Waals surface area contributed by atoms with Crippen molar-refractivity contribution in [2.45, 2.75) is 6.42 Å². The SMILES string of the molecule is COc1ccc(-c2csc(NC(=O)Cc3csc(-c4cccc(F)c4)n3)n2)c(OC)c1. The van der Waals surface area contributed by atoms with Crippen molar-refractivity contribution in [1.29, 1.82) is 0 Å². The second-order valence-corrected chi connectivity index (χ2v) is 8.20. The number of thiazole rings is 2. The molecule has 0 radical (unpaired) electrons. The van der Waals surface area contributed by atoms with Crippen molar-refractivity contribution in [3.8, 4) is 33.3 Å². The molecule has 0 bridgehead atoms. The first-order valence-corrected chi connectivity index (χ1v) is 11.0. The van der Waals surface area contributed by atoms with E-state index in [4.69, 9.17) is 9.47 Å². The number of ether oxygens (including phenoxy) is 2. The molecule has 0 fully saturated rings. The molecule has 158 valence electrons. The van der Waals surface area contributed by atoms with E-state index in [1.807, 2.05) is 17.5 Å². The molecular formula is C22H18FN3O3S2. The van der Waals surface area contributed by atoms with Gasteiger partial charge in [0.1, 0.15) is 22.3 Å². The number of nitrogens with one attached hydrogen (secondary N) is 1. The first kappa shape index (κ1) is 21.0. The molecule has 0 saturated carbocycles. The van der Waals surface area contributed by atoms with Crippen molar-refractivity contribution < 1.29 is 18.7 Å². The van der Waals surface area contributed by atoms with Crippen LogP contribution in [0.4, 0.5) is 9.52 Å². The summed E-state index contributed by atoms with van der Waals surface area (Å²) in [4.78, 5) is 21.4. The topological polar surface area (TPSA) is 73.3 Å². The van der Waals surface area contributed by atoms with Crippen LogP contribution in [0.25, 0.3) is 21.8 Å². The van der Waals surface area contributed by atoms with E-state index >= 15 is 0 Å². The van der Waals surface area contributed by atoms with Gasteiger partial charge in [-0.2, -0.15) is 0 Å². The smallest absolute Gasteiger partial charge is 0.232 e. The minimum absolute atomic E-state index is 0.104. The fraction of sp³-hybridized carbons (Fsp3) is 0.136. The minimum atomic E-state index is -0.319. The minimum Gasteiger partial charge on any atom is -0.497 e. The van der Waals surface area contributed by atoms with Gasteiger partial charge in [0, 0.05) is 28.0 Å². The lowest BCUT2D eigenvalue weighted by molar-refractivity contribution is -0.115. The van der Waals surface area contributed by atoms with Crippen LogP contribution in [0.1, 0.15) is 5.69 Å². The fourth-order valence-electron chi connectivity index (χ4n) is 2.94. The van der Waals surface area contributed by atoms with E-state index in [-0.39, 0.29) is 18.1 Å². The molecule has 1 amide bonds. The van der Waals surface area contributed by atoms with Crippen molar-refractivity contribution in [1.82, 2.24) is 9.97 Å². The summed E-state index contributed by atoms with van der Waals surface area (Å²) < 4.78 is 24.1. The number of carbonyl (C=O) groups excluding carboxylic acids is 1. The van der Waals surface area contributed by atoms with E-state index in [1.54, 1.807) is 37.8 Å². The molecule has 0 atom stereocenters. The Morgan fingerprint density at radius 2 is 1.94 bits per heavy atom. The molecule has 0 spiro atoms. The predicted molar refractivity (Wildman–Crippen MR) is 120 cm³/mol. The number of rotatable bonds is 7. The summed E-state index contributed by atoms with van der Waals surface area (Å²) in [6.07, 6.45) is 0.104. The Balaban J connectivity index is 1.43. The molecule has 0 unspecified atom stereocenters. The summed E-state index contributed by atoms with van der Waals surface area (Å²) in [5.41, 5.74) is 2.81. The van der Waals surface area contributed by atoms with Gasteiger partial charge < -0.3 is 14.8 Å². The fourth-order valence-corrected chi connectivity index (χ4v) is 4.48. The average Bonchev–Trinajstić information content (AvgIpc) is 3.43. The highest BCUT2D eigenvalue weighted by Crippen LogP contribution is 2.35. The van der Waals surface area contributed by atoms with Crippen LogP contribution in [-0.2, 0) is 11.2 Å². The number of hydrogen-bond donors (Lipinski definition) is 1. The molecule has 6 nitrogen and oxygen atoms in total. The number of halogens is 1. The third kappa shape index (κ3) is 4.89. The van der Waals surface area contributed by atoms with Crippen molar-refractivity contribution >= 4 is 33.7 Å². The van der Waals surface area contributed by atoms with E-state index in [1.165, 1.54) is 34.8 Å². The molecule has 31 heavy (non-hydrogen) atoms. The number of hydrogen-bond acceptors (Lipinski definition) is 7. The van der Waals surface area contributed by atoms with Gasteiger partial charge in [0.15, 0.2) is 5.13 Å². The molecule has 2 aromatic heterocycles. The molecule has 1 N–H and O–H groups in total. The molecule has 2 aromatic carbocycles. The van der Waals surface area contributed by atoms with Crippen molar-refractivity contribution in [2.75, 3.05) is 19.5 Å². The largest absolute Gasteiger partial charge is 0.497 e. The van der Waals surface area contributed by atoms with Crippen molar-refractivity contribution in [3.63, 3.8) is 0 Å². The Hall–Kier alpha value is -3.30. The van der Waals surface area contributed by atoms with Crippen LogP contribution in [0.15, 0.2) is 53.2 Å². The number of benzene rings is 2. The summed E-state index contributed by atoms with van der Waals surface area (Å²) in [5, 5.41) is 7.62. The summed E-state index contributed by atoms with van der Waals surface area (Å²) in [6.45, 7) is 0. The lowest BCUT2D eigenvalue weighted by Gasteiger charge is -2.08. The first-order valence-electron chi connectivity index (χ1n) is 9.24. The molecule has 2 heterocycles. The standard InChI is InChI=1S/C22H18FN3O3S2/c1-28-16-6-7-17(19(10-16)29-2)18-12-31-22(25-18)26-20(27)9-15-11-30-21(24-15)13-4-3-5-14(23)8-13/h3-8,10-12H,9H2,1-2H3,(H,25,26,27). The van der Waals surface area contributed by atoms with Gasteiger partial charge in [0.2, 0.25) is 5.91 Å². The number of amides is 1. The maximum absolute atomic E-state index is 13.4. The van der Waals surface area contributed by atoms with Gasteiger partial charge >= 0.3 is 0 Å². The lowest BCUT2D eigenvalue weighted by Crippen LogP contribution is -2.14. The Morgan fingerprint density at radius 1 is 1.06 bits per heavy atom. The Bertz CT molecular complexity index is 1220. The van der Waals surface area contributed by atoms with Crippen LogP contribution < -0.4 is 14.8 Å². The number of nitrogens with zero attached hydrogens (tertiary/aromatic N) is 2. The summed E-state index contributed by atoms with van der Waals surface area (Å²) in [5.74, 6) is 0.777. The molecule has 9 heteroatoms. The van der Waals surface area contributed by atoms with E-state index in [2.05, 4.69) is 15.3 Å². The second kappa shape index (κ2) is 9.23. The zero-order valence-corrected chi connectivity index (χ0v) is 18.3. The number of carbonyl (C=O) groups is 1. The quantitative estimate of drug-likeness (QED) is 0.411. The van der Waals surface area contributed by atoms with E-state index in [0.29, 0.717) is 38.6 Å². The maximum atomic E-state index is 13.4. The maximum Gasteiger partial charge on any atom is 0.232 e. The van der Waals surface area contributed by atoms with Crippen molar-refractivity contribution in [2.24, 2.45) is 0 Å². The van der Waals surface area contributed by atoms with Gasteiger partial charge in [-0.1, -0.05) is 12.1 Å². The highest BCUT2D eigenvalue weighted by atomic mass is 32.1. The molecule has 4 rings (SSSR count). The number of aromatic nitrogens is 2. The zero-order valence-electron chi connectivity index (χ0n) is 16.7. The number of anilines is 1. The molecular weight excluding hydrogens is 437 g/mol. The van der Waals surface area contributed by atoms with E-state index < -0.39 is 0 Å². The Morgan fingerprint density at radius 3 is 2.71 bits per heavy atom. The third-order valence-electron chi connectivity index (χ3n) is 4.40. The lowest BCUT2D eigenvalue weighted by atomic mass is 10.1. The van der Waals surface area contributed by atoms with Crippen LogP contribution in [0, 0.1) is 5.82 Å². The summed E-state index contributed by atoms with van der Waals surface area (Å²) >= 11 is 2.70. The molecule has 0 aliphatic rings. The van der Waals surface area contributed by atoms with Crippen molar-refractivity contribution in [3.05, 3.63) is 64.7 Å². The van der Waals surface area contributed by atoms with E-state index in [9.17, 15) is 9.18 Å². The van der Waals surface area contributed by atoms with Gasteiger partial charge in [-0.25, -0.2) is 14.4 Å². The Labute approximate surface area is 186 Å². The van der Waals surface area contributed by atoms with Gasteiger partial charge in [0.25, 0.3) is 0 Å². The van der Waals surface area contributed by atoms with Crippen LogP contribution in [0.5, 0.6) is 11.5 Å². The van der Waals surface area contributed by atoms with Crippen LogP contribution in [0.3, 0.4) is 0 Å². The normalized spacial score (nSPS) is 10.7. The van der Waals surface area contributed by atoms with Gasteiger partial charge in [0.05, 0.1) is 32.0 Å². The van der Waals surface area contributed by atoms with Gasteiger partial charge in [-0.15, -0.1) is 22.7 Å². The molecule has 0 aliphatic carbocycles. The summed E-state index contributed by atoms with van der Waals surface area (Å²) in [6, 6.07) is 11.7. The van der Waals surface area contributed by atoms with Crippen LogP contribution >= 0.6 is 22.7 Å². The van der Waals surface area contributed by atoms with Crippen LogP contribution in [-0.4, -0.2) is 30.1 Å². The molecule has 0 saturated heterocycles. The predicted octanol–water partition coefficient (Wildman–Crippen LogP) is 5.27. The monoisotopic (exact) mass is 455 g/mol. The molecule has 4 aromatic rings. The first-order chi connectivity index (χ1) is 15.1. The average molecular weight is 456 g/mol.